The fourth-order valence-corrected chi connectivity index (χ4v) is 1.50. The number of hydrogen-bond donors (Lipinski definition) is 0. The average molecular weight is 257 g/mol. The van der Waals surface area contributed by atoms with Crippen molar-refractivity contribution in [3.05, 3.63) is 34.4 Å². The van der Waals surface area contributed by atoms with Crippen LogP contribution in [-0.4, -0.2) is 0 Å². The molecule has 0 amide bonds. The van der Waals surface area contributed by atoms with Crippen molar-refractivity contribution in [1.82, 2.24) is 0 Å². The molecule has 0 saturated heterocycles. The second-order valence-electron chi connectivity index (χ2n) is 4.22. The predicted molar refractivity (Wildman–Crippen MR) is 62.6 cm³/mol. The van der Waals surface area contributed by atoms with E-state index < -0.39 is 5.41 Å². The number of halogens is 1. The van der Waals surface area contributed by atoms with Gasteiger partial charge in [0, 0.05) is 5.39 Å². The lowest BCUT2D eigenvalue weighted by Crippen LogP contribution is -2.10. The summed E-state index contributed by atoms with van der Waals surface area (Å²) in [6.45, 7) is 5.68. The highest BCUT2D eigenvalue weighted by molar-refractivity contribution is 9.10. The first-order valence-electron chi connectivity index (χ1n) is 6.35. The first-order chi connectivity index (χ1) is 8.16. The number of fused-ring (bicyclic) bond motifs is 1. The highest BCUT2D eigenvalue weighted by Gasteiger charge is 2.15. The zero-order valence-corrected chi connectivity index (χ0v) is 9.87. The molecule has 0 aliphatic carbocycles. The summed E-state index contributed by atoms with van der Waals surface area (Å²) in [5.41, 5.74) is 0.263. The van der Waals surface area contributed by atoms with Gasteiger partial charge in [0.05, 0.1) is 8.58 Å². The van der Waals surface area contributed by atoms with Gasteiger partial charge in [0.15, 0.2) is 0 Å². The van der Waals surface area contributed by atoms with Crippen molar-refractivity contribution >= 4 is 26.9 Å². The van der Waals surface area contributed by atoms with Crippen LogP contribution in [0.5, 0.6) is 0 Å². The van der Waals surface area contributed by atoms with Gasteiger partial charge in [0.2, 0.25) is 0 Å². The molecule has 0 aliphatic heterocycles. The smallest absolute Gasteiger partial charge is 0.135 e. The third-order valence-electron chi connectivity index (χ3n) is 1.99. The minimum absolute atomic E-state index is 0.0000463. The van der Waals surface area contributed by atoms with Gasteiger partial charge in [-0.05, 0) is 39.0 Å². The van der Waals surface area contributed by atoms with Gasteiger partial charge in [-0.15, -0.1) is 0 Å². The summed E-state index contributed by atoms with van der Waals surface area (Å²) >= 11 is 3.18. The zero-order valence-electron chi connectivity index (χ0n) is 12.3. The van der Waals surface area contributed by atoms with Crippen molar-refractivity contribution in [3.8, 4) is 0 Å². The van der Waals surface area contributed by atoms with E-state index in [9.17, 15) is 0 Å². The first kappa shape index (κ1) is 5.96. The van der Waals surface area contributed by atoms with Crippen LogP contribution in [0.3, 0.4) is 0 Å². The molecular formula is C12H13BrO. The fraction of sp³-hybridized carbons (Fsp3) is 0.333. The maximum Gasteiger partial charge on any atom is 0.135 e. The molecule has 1 nitrogen and oxygen atoms in total. The summed E-state index contributed by atoms with van der Waals surface area (Å²) in [7, 11) is 0. The lowest BCUT2D eigenvalue weighted by molar-refractivity contribution is 0.582. The van der Waals surface area contributed by atoms with Crippen molar-refractivity contribution < 1.29 is 9.90 Å². The SMILES string of the molecule is [2H]c1oc2c([2H])c(C(C)(C)C)c([2H])c([2H])c2c1Br. The van der Waals surface area contributed by atoms with Crippen molar-refractivity contribution in [2.75, 3.05) is 0 Å². The Morgan fingerprint density at radius 1 is 1.36 bits per heavy atom. The van der Waals surface area contributed by atoms with Gasteiger partial charge < -0.3 is 4.42 Å². The molecule has 0 aliphatic rings. The minimum Gasteiger partial charge on any atom is -0.463 e. The van der Waals surface area contributed by atoms with E-state index in [2.05, 4.69) is 15.9 Å². The van der Waals surface area contributed by atoms with Crippen LogP contribution in [0.15, 0.2) is 33.3 Å². The summed E-state index contributed by atoms with van der Waals surface area (Å²) in [5, 5.41) is 0.336. The molecule has 1 aromatic heterocycles. The van der Waals surface area contributed by atoms with Crippen LogP contribution in [0.2, 0.25) is 0 Å². The molecule has 2 heteroatoms. The quantitative estimate of drug-likeness (QED) is 0.677. The summed E-state index contributed by atoms with van der Waals surface area (Å²) in [5.74, 6) is 0. The highest BCUT2D eigenvalue weighted by atomic mass is 79.9. The number of rotatable bonds is 0. The van der Waals surface area contributed by atoms with Crippen molar-refractivity contribution in [2.24, 2.45) is 0 Å². The molecule has 1 aromatic carbocycles. The van der Waals surface area contributed by atoms with Gasteiger partial charge in [0.25, 0.3) is 0 Å². The van der Waals surface area contributed by atoms with E-state index in [0.717, 1.165) is 0 Å². The molecule has 74 valence electrons. The van der Waals surface area contributed by atoms with Gasteiger partial charge in [-0.25, -0.2) is 0 Å². The fourth-order valence-electron chi connectivity index (χ4n) is 1.14. The van der Waals surface area contributed by atoms with Crippen molar-refractivity contribution in [1.29, 1.82) is 0 Å². The normalized spacial score (nSPS) is 16.3. The molecule has 0 unspecified atom stereocenters. The largest absolute Gasteiger partial charge is 0.463 e. The Morgan fingerprint density at radius 2 is 2.07 bits per heavy atom. The van der Waals surface area contributed by atoms with Gasteiger partial charge in [-0.1, -0.05) is 26.8 Å². The molecule has 0 spiro atoms. The Balaban J connectivity index is 3.02. The second kappa shape index (κ2) is 3.13. The third-order valence-corrected chi connectivity index (χ3v) is 2.55. The summed E-state index contributed by atoms with van der Waals surface area (Å²) in [4.78, 5) is 0. The van der Waals surface area contributed by atoms with E-state index in [1.165, 1.54) is 0 Å². The molecule has 0 radical (unpaired) electrons. The minimum atomic E-state index is -0.417. The van der Waals surface area contributed by atoms with Crippen LogP contribution >= 0.6 is 15.9 Å². The van der Waals surface area contributed by atoms with E-state index in [1.54, 1.807) is 0 Å². The topological polar surface area (TPSA) is 13.1 Å². The van der Waals surface area contributed by atoms with Crippen LogP contribution in [0.1, 0.15) is 31.8 Å². The Kier molecular flexibility index (Phi) is 1.33. The number of benzene rings is 1. The van der Waals surface area contributed by atoms with Gasteiger partial charge in [-0.2, -0.15) is 0 Å². The molecule has 14 heavy (non-hydrogen) atoms. The maximum absolute atomic E-state index is 8.14. The van der Waals surface area contributed by atoms with Crippen LogP contribution < -0.4 is 0 Å². The van der Waals surface area contributed by atoms with Crippen LogP contribution in [0.4, 0.5) is 0 Å². The van der Waals surface area contributed by atoms with E-state index in [4.69, 9.17) is 9.90 Å². The standard InChI is InChI=1S/C12H13BrO/c1-12(2,3)8-4-5-9-10(13)7-14-11(9)6-8/h4-7H,1-3H3/i4D,5D,6D,7D. The van der Waals surface area contributed by atoms with E-state index in [-0.39, 0.29) is 29.9 Å². The lowest BCUT2D eigenvalue weighted by atomic mass is 9.87. The molecule has 2 aromatic rings. The predicted octanol–water partition coefficient (Wildman–Crippen LogP) is 4.49. The number of furan rings is 1. The van der Waals surface area contributed by atoms with Gasteiger partial charge in [0.1, 0.15) is 13.2 Å². The van der Waals surface area contributed by atoms with E-state index in [0.29, 0.717) is 15.4 Å². The average Bonchev–Trinajstić information content (AvgIpc) is 2.51. The van der Waals surface area contributed by atoms with Crippen LogP contribution in [0.25, 0.3) is 11.0 Å². The molecule has 0 fully saturated rings. The molecule has 0 saturated carbocycles. The third kappa shape index (κ3) is 1.59. The highest BCUT2D eigenvalue weighted by Crippen LogP contribution is 2.30. The molecular weight excluding hydrogens is 240 g/mol. The van der Waals surface area contributed by atoms with E-state index in [1.807, 2.05) is 20.8 Å². The first-order valence-corrected chi connectivity index (χ1v) is 5.14. The van der Waals surface area contributed by atoms with Crippen molar-refractivity contribution in [3.63, 3.8) is 0 Å². The summed E-state index contributed by atoms with van der Waals surface area (Å²) in [6, 6.07) is 0.124. The van der Waals surface area contributed by atoms with E-state index >= 15 is 0 Å². The Hall–Kier alpha value is -0.760. The molecule has 0 N–H and O–H groups in total. The summed E-state index contributed by atoms with van der Waals surface area (Å²) < 4.78 is 37.4. The second-order valence-corrected chi connectivity index (χ2v) is 5.02. The van der Waals surface area contributed by atoms with Crippen LogP contribution in [0, 0.1) is 0 Å². The van der Waals surface area contributed by atoms with Gasteiger partial charge >= 0.3 is 0 Å². The molecule has 1 heterocycles. The van der Waals surface area contributed by atoms with Crippen molar-refractivity contribution in [2.45, 2.75) is 26.2 Å². The maximum atomic E-state index is 8.14. The number of hydrogen-bond acceptors (Lipinski definition) is 1. The van der Waals surface area contributed by atoms with Crippen LogP contribution in [-0.2, 0) is 5.41 Å². The zero-order chi connectivity index (χ0) is 13.8. The summed E-state index contributed by atoms with van der Waals surface area (Å²) in [6.07, 6.45) is -0.113. The monoisotopic (exact) mass is 256 g/mol. The van der Waals surface area contributed by atoms with Gasteiger partial charge in [-0.3, -0.25) is 0 Å². The molecule has 2 rings (SSSR count). The molecule has 0 bridgehead atoms. The lowest BCUT2D eigenvalue weighted by Gasteiger charge is -2.18. The molecule has 0 atom stereocenters. The Morgan fingerprint density at radius 3 is 2.71 bits per heavy atom. The Labute approximate surface area is 97.9 Å². The Bertz CT molecular complexity index is 640.